The molecule has 2 aromatic rings. The fourth-order valence-electron chi connectivity index (χ4n) is 1.49. The van der Waals surface area contributed by atoms with Gasteiger partial charge in [0, 0.05) is 16.0 Å². The van der Waals surface area contributed by atoms with Gasteiger partial charge in [-0.05, 0) is 17.5 Å². The first-order valence-corrected chi connectivity index (χ1v) is 5.57. The minimum Gasteiger partial charge on any atom is -0.383 e. The number of hydrogen-bond acceptors (Lipinski definition) is 3. The van der Waals surface area contributed by atoms with E-state index < -0.39 is 11.9 Å². The van der Waals surface area contributed by atoms with Gasteiger partial charge in [-0.25, -0.2) is 4.39 Å². The maximum absolute atomic E-state index is 13.4. The molecule has 0 aliphatic carbocycles. The molecule has 0 amide bonds. The van der Waals surface area contributed by atoms with E-state index in [4.69, 9.17) is 0 Å². The number of thiophene rings is 1. The largest absolute Gasteiger partial charge is 0.383 e. The van der Waals surface area contributed by atoms with Crippen LogP contribution in [0, 0.1) is 5.82 Å². The van der Waals surface area contributed by atoms with Crippen molar-refractivity contribution in [3.63, 3.8) is 0 Å². The Bertz CT molecular complexity index is 507. The summed E-state index contributed by atoms with van der Waals surface area (Å²) in [5.74, 6) is -0.472. The molecule has 1 atom stereocenters. The molecule has 0 saturated heterocycles. The second-order valence-corrected chi connectivity index (χ2v) is 4.23. The predicted octanol–water partition coefficient (Wildman–Crippen LogP) is 2.78. The summed E-state index contributed by atoms with van der Waals surface area (Å²) in [5, 5.41) is 11.7. The smallest absolute Gasteiger partial charge is 0.151 e. The van der Waals surface area contributed by atoms with Crippen LogP contribution >= 0.6 is 11.3 Å². The zero-order valence-electron chi connectivity index (χ0n) is 8.26. The van der Waals surface area contributed by atoms with E-state index in [1.165, 1.54) is 23.5 Å². The Kier molecular flexibility index (Phi) is 3.12. The predicted molar refractivity (Wildman–Crippen MR) is 60.2 cm³/mol. The molecule has 1 unspecified atom stereocenters. The molecule has 0 bridgehead atoms. The standard InChI is InChI=1S/C12H9FO2S/c13-10-4-2-1-3-9(10)11(15)12-8(7-14)5-6-16-12/h1-7,11,15H. The van der Waals surface area contributed by atoms with Gasteiger partial charge in [-0.1, -0.05) is 18.2 Å². The normalized spacial score (nSPS) is 12.4. The Hall–Kier alpha value is -1.52. The van der Waals surface area contributed by atoms with Gasteiger partial charge in [0.25, 0.3) is 0 Å². The number of aldehydes is 1. The molecule has 16 heavy (non-hydrogen) atoms. The molecule has 1 aromatic carbocycles. The lowest BCUT2D eigenvalue weighted by Crippen LogP contribution is -2.02. The molecule has 0 radical (unpaired) electrons. The second-order valence-electron chi connectivity index (χ2n) is 3.28. The Labute approximate surface area is 96.0 Å². The molecule has 4 heteroatoms. The van der Waals surface area contributed by atoms with Gasteiger partial charge in [-0.3, -0.25) is 4.79 Å². The first-order valence-electron chi connectivity index (χ1n) is 4.69. The number of benzene rings is 1. The zero-order chi connectivity index (χ0) is 11.5. The van der Waals surface area contributed by atoms with Crippen LogP contribution in [0.2, 0.25) is 0 Å². The van der Waals surface area contributed by atoms with Crippen LogP contribution < -0.4 is 0 Å². The van der Waals surface area contributed by atoms with Crippen molar-refractivity contribution in [2.24, 2.45) is 0 Å². The van der Waals surface area contributed by atoms with Crippen LogP contribution in [0.15, 0.2) is 35.7 Å². The van der Waals surface area contributed by atoms with Crippen molar-refractivity contribution in [3.05, 3.63) is 57.5 Å². The van der Waals surface area contributed by atoms with E-state index in [2.05, 4.69) is 0 Å². The van der Waals surface area contributed by atoms with Gasteiger partial charge in [0.05, 0.1) is 0 Å². The summed E-state index contributed by atoms with van der Waals surface area (Å²) in [6.07, 6.45) is -0.419. The van der Waals surface area contributed by atoms with Crippen molar-refractivity contribution >= 4 is 17.6 Å². The highest BCUT2D eigenvalue weighted by molar-refractivity contribution is 7.10. The molecule has 0 aliphatic heterocycles. The van der Waals surface area contributed by atoms with Crippen LogP contribution in [0.25, 0.3) is 0 Å². The molecule has 0 spiro atoms. The number of rotatable bonds is 3. The third kappa shape index (κ3) is 1.89. The summed E-state index contributed by atoms with van der Waals surface area (Å²) < 4.78 is 13.4. The lowest BCUT2D eigenvalue weighted by atomic mass is 10.1. The Morgan fingerprint density at radius 1 is 1.31 bits per heavy atom. The SMILES string of the molecule is O=Cc1ccsc1C(O)c1ccccc1F. The first kappa shape index (κ1) is 11.0. The van der Waals surface area contributed by atoms with Crippen LogP contribution in [-0.2, 0) is 0 Å². The molecule has 1 aromatic heterocycles. The molecule has 0 saturated carbocycles. The van der Waals surface area contributed by atoms with Crippen LogP contribution in [0.5, 0.6) is 0 Å². The highest BCUT2D eigenvalue weighted by Crippen LogP contribution is 2.30. The van der Waals surface area contributed by atoms with Gasteiger partial charge in [-0.2, -0.15) is 0 Å². The maximum atomic E-state index is 13.4. The van der Waals surface area contributed by atoms with E-state index in [-0.39, 0.29) is 5.56 Å². The third-order valence-corrected chi connectivity index (χ3v) is 3.29. The molecule has 0 aliphatic rings. The zero-order valence-corrected chi connectivity index (χ0v) is 9.08. The topological polar surface area (TPSA) is 37.3 Å². The van der Waals surface area contributed by atoms with Crippen LogP contribution in [0.4, 0.5) is 4.39 Å². The molecule has 1 N–H and O–H groups in total. The first-order chi connectivity index (χ1) is 7.74. The molecule has 1 heterocycles. The van der Waals surface area contributed by atoms with Gasteiger partial charge in [0.15, 0.2) is 6.29 Å². The van der Waals surface area contributed by atoms with Crippen molar-refractivity contribution in [1.82, 2.24) is 0 Å². The van der Waals surface area contributed by atoms with E-state index in [1.807, 2.05) is 0 Å². The van der Waals surface area contributed by atoms with Crippen molar-refractivity contribution in [1.29, 1.82) is 0 Å². The lowest BCUT2D eigenvalue weighted by Gasteiger charge is -2.10. The minimum atomic E-state index is -1.08. The number of aliphatic hydroxyl groups is 1. The van der Waals surface area contributed by atoms with Crippen molar-refractivity contribution in [2.45, 2.75) is 6.10 Å². The Balaban J connectivity index is 2.43. The average molecular weight is 236 g/mol. The van der Waals surface area contributed by atoms with E-state index in [0.717, 1.165) is 0 Å². The number of aliphatic hydroxyl groups excluding tert-OH is 1. The van der Waals surface area contributed by atoms with Gasteiger partial charge in [0.1, 0.15) is 11.9 Å². The number of hydrogen-bond donors (Lipinski definition) is 1. The highest BCUT2D eigenvalue weighted by atomic mass is 32.1. The molecule has 2 rings (SSSR count). The van der Waals surface area contributed by atoms with E-state index in [0.29, 0.717) is 16.7 Å². The summed E-state index contributed by atoms with van der Waals surface area (Å²) in [5.41, 5.74) is 0.591. The minimum absolute atomic E-state index is 0.188. The average Bonchev–Trinajstić information content (AvgIpc) is 2.77. The number of carbonyl (C=O) groups excluding carboxylic acids is 1. The Morgan fingerprint density at radius 2 is 2.06 bits per heavy atom. The van der Waals surface area contributed by atoms with Crippen molar-refractivity contribution in [2.75, 3.05) is 0 Å². The van der Waals surface area contributed by atoms with Gasteiger partial charge in [-0.15, -0.1) is 11.3 Å². The van der Waals surface area contributed by atoms with Gasteiger partial charge in [0.2, 0.25) is 0 Å². The van der Waals surface area contributed by atoms with E-state index in [1.54, 1.807) is 23.6 Å². The summed E-state index contributed by atoms with van der Waals surface area (Å²) in [7, 11) is 0. The fourth-order valence-corrected chi connectivity index (χ4v) is 2.36. The van der Waals surface area contributed by atoms with Crippen LogP contribution in [-0.4, -0.2) is 11.4 Å². The second kappa shape index (κ2) is 4.55. The van der Waals surface area contributed by atoms with Gasteiger partial charge < -0.3 is 5.11 Å². The third-order valence-electron chi connectivity index (χ3n) is 2.30. The highest BCUT2D eigenvalue weighted by Gasteiger charge is 2.18. The molecular formula is C12H9FO2S. The molecule has 0 fully saturated rings. The molecule has 2 nitrogen and oxygen atoms in total. The number of carbonyl (C=O) groups is 1. The van der Waals surface area contributed by atoms with E-state index in [9.17, 15) is 14.3 Å². The molecule has 82 valence electrons. The summed E-state index contributed by atoms with van der Waals surface area (Å²) >= 11 is 1.24. The summed E-state index contributed by atoms with van der Waals surface area (Å²) in [6.45, 7) is 0. The van der Waals surface area contributed by atoms with Crippen molar-refractivity contribution in [3.8, 4) is 0 Å². The molecular weight excluding hydrogens is 227 g/mol. The van der Waals surface area contributed by atoms with Gasteiger partial charge >= 0.3 is 0 Å². The Morgan fingerprint density at radius 3 is 2.75 bits per heavy atom. The fraction of sp³-hybridized carbons (Fsp3) is 0.0833. The van der Waals surface area contributed by atoms with Crippen LogP contribution in [0.1, 0.15) is 26.9 Å². The van der Waals surface area contributed by atoms with Crippen molar-refractivity contribution < 1.29 is 14.3 Å². The monoisotopic (exact) mass is 236 g/mol. The quantitative estimate of drug-likeness (QED) is 0.832. The van der Waals surface area contributed by atoms with Crippen LogP contribution in [0.3, 0.4) is 0 Å². The number of halogens is 1. The summed E-state index contributed by atoms with van der Waals surface area (Å²) in [6, 6.07) is 7.61. The van der Waals surface area contributed by atoms with E-state index >= 15 is 0 Å². The summed E-state index contributed by atoms with van der Waals surface area (Å²) in [4.78, 5) is 11.2. The maximum Gasteiger partial charge on any atom is 0.151 e. The lowest BCUT2D eigenvalue weighted by molar-refractivity contribution is 0.111.